The minimum absolute atomic E-state index is 0.0200. The van der Waals surface area contributed by atoms with Crippen LogP contribution >= 0.6 is 10.7 Å². The van der Waals surface area contributed by atoms with E-state index in [1.54, 1.807) is 0 Å². The summed E-state index contributed by atoms with van der Waals surface area (Å²) >= 11 is 0. The molecule has 0 spiro atoms. The predicted molar refractivity (Wildman–Crippen MR) is 75.3 cm³/mol. The van der Waals surface area contributed by atoms with Gasteiger partial charge in [0.15, 0.2) is 0 Å². The molecule has 1 aromatic carbocycles. The van der Waals surface area contributed by atoms with Crippen molar-refractivity contribution >= 4 is 35.4 Å². The van der Waals surface area contributed by atoms with Crippen molar-refractivity contribution in [2.45, 2.75) is 4.90 Å². The molecule has 114 valence electrons. The van der Waals surface area contributed by atoms with Gasteiger partial charge in [-0.05, 0) is 18.2 Å². The summed E-state index contributed by atoms with van der Waals surface area (Å²) in [7, 11) is 0.236. The Kier molecular flexibility index (Phi) is 5.63. The van der Waals surface area contributed by atoms with Gasteiger partial charge >= 0.3 is 0 Å². The Hall–Kier alpha value is -1.03. The fraction of sp³-hybridized carbons (Fsp3) is 0.400. The van der Waals surface area contributed by atoms with E-state index in [1.165, 1.54) is 26.4 Å². The van der Waals surface area contributed by atoms with Gasteiger partial charge in [0.1, 0.15) is 10.6 Å². The lowest BCUT2D eigenvalue weighted by Crippen LogP contribution is -2.19. The molecule has 0 radical (unpaired) electrons. The Morgan fingerprint density at radius 2 is 1.85 bits per heavy atom. The van der Waals surface area contributed by atoms with Crippen molar-refractivity contribution in [1.29, 1.82) is 0 Å². The minimum Gasteiger partial charge on any atom is -0.495 e. The maximum Gasteiger partial charge on any atom is 0.265 e. The number of methoxy groups -OCH3 is 2. The van der Waals surface area contributed by atoms with Crippen molar-refractivity contribution in [3.63, 3.8) is 0 Å². The third kappa shape index (κ3) is 4.82. The van der Waals surface area contributed by atoms with Crippen molar-refractivity contribution in [3.8, 4) is 5.75 Å². The van der Waals surface area contributed by atoms with Gasteiger partial charge in [0.05, 0.1) is 25.2 Å². The van der Waals surface area contributed by atoms with E-state index in [0.29, 0.717) is 0 Å². The molecule has 1 aromatic rings. The van der Waals surface area contributed by atoms with Gasteiger partial charge in [0, 0.05) is 17.8 Å². The molecule has 0 heterocycles. The van der Waals surface area contributed by atoms with Crippen LogP contribution < -0.4 is 9.46 Å². The van der Waals surface area contributed by atoms with Crippen molar-refractivity contribution < 1.29 is 26.3 Å². The molecule has 20 heavy (non-hydrogen) atoms. The monoisotopic (exact) mass is 343 g/mol. The average molecular weight is 344 g/mol. The van der Waals surface area contributed by atoms with Crippen molar-refractivity contribution in [3.05, 3.63) is 18.2 Å². The van der Waals surface area contributed by atoms with Gasteiger partial charge < -0.3 is 9.47 Å². The van der Waals surface area contributed by atoms with E-state index in [1.807, 2.05) is 0 Å². The zero-order valence-electron chi connectivity index (χ0n) is 10.8. The summed E-state index contributed by atoms with van der Waals surface area (Å²) in [5.74, 6) is -0.224. The molecule has 0 fully saturated rings. The first-order valence-corrected chi connectivity index (χ1v) is 9.28. The van der Waals surface area contributed by atoms with E-state index in [-0.39, 0.29) is 28.7 Å². The van der Waals surface area contributed by atoms with Gasteiger partial charge in [-0.3, -0.25) is 4.72 Å². The largest absolute Gasteiger partial charge is 0.495 e. The predicted octanol–water partition coefficient (Wildman–Crippen LogP) is 1.01. The smallest absolute Gasteiger partial charge is 0.265 e. The van der Waals surface area contributed by atoms with E-state index in [2.05, 4.69) is 9.46 Å². The van der Waals surface area contributed by atoms with Crippen LogP contribution in [-0.2, 0) is 23.8 Å². The first-order valence-electron chi connectivity index (χ1n) is 5.32. The Labute approximate surface area is 122 Å². The minimum atomic E-state index is -4.05. The summed E-state index contributed by atoms with van der Waals surface area (Å²) in [6.45, 7) is 0.0200. The third-order valence-corrected chi connectivity index (χ3v) is 4.85. The highest BCUT2D eigenvalue weighted by atomic mass is 35.7. The molecule has 0 unspecified atom stereocenters. The van der Waals surface area contributed by atoms with E-state index >= 15 is 0 Å². The topological polar surface area (TPSA) is 98.8 Å². The second-order valence-electron chi connectivity index (χ2n) is 3.72. The molecule has 0 bridgehead atoms. The molecule has 0 atom stereocenters. The van der Waals surface area contributed by atoms with Crippen LogP contribution in [0.4, 0.5) is 5.69 Å². The van der Waals surface area contributed by atoms with Crippen LogP contribution in [0.5, 0.6) is 5.75 Å². The number of halogens is 1. The number of hydrogen-bond donors (Lipinski definition) is 1. The lowest BCUT2D eigenvalue weighted by molar-refractivity contribution is 0.217. The van der Waals surface area contributed by atoms with Gasteiger partial charge in [0.25, 0.3) is 9.05 Å². The van der Waals surface area contributed by atoms with E-state index in [0.717, 1.165) is 6.07 Å². The summed E-state index contributed by atoms with van der Waals surface area (Å²) in [6, 6.07) is 3.77. The van der Waals surface area contributed by atoms with Crippen LogP contribution in [0.3, 0.4) is 0 Å². The van der Waals surface area contributed by atoms with Crippen molar-refractivity contribution in [2.75, 3.05) is 31.3 Å². The Bertz CT molecular complexity index is 671. The summed E-state index contributed by atoms with van der Waals surface area (Å²) in [5.41, 5.74) is 0.0705. The highest BCUT2D eigenvalue weighted by Crippen LogP contribution is 2.29. The zero-order valence-corrected chi connectivity index (χ0v) is 13.2. The lowest BCUT2D eigenvalue weighted by atomic mass is 10.3. The molecule has 0 amide bonds. The summed E-state index contributed by atoms with van der Waals surface area (Å²) < 4.78 is 57.9. The van der Waals surface area contributed by atoms with Gasteiger partial charge in [-0.15, -0.1) is 0 Å². The number of sulfonamides is 1. The molecular formula is C10H14ClNO6S2. The van der Waals surface area contributed by atoms with E-state index < -0.39 is 19.1 Å². The van der Waals surface area contributed by atoms with Crippen LogP contribution in [0.1, 0.15) is 0 Å². The van der Waals surface area contributed by atoms with E-state index in [4.69, 9.17) is 15.4 Å². The molecule has 0 aromatic heterocycles. The molecule has 1 rings (SSSR count). The number of rotatable bonds is 7. The molecule has 0 saturated carbocycles. The number of ether oxygens (including phenoxy) is 2. The Morgan fingerprint density at radius 3 is 2.35 bits per heavy atom. The highest BCUT2D eigenvalue weighted by molar-refractivity contribution is 8.13. The number of nitrogens with one attached hydrogen (secondary N) is 1. The first-order chi connectivity index (χ1) is 9.19. The fourth-order valence-electron chi connectivity index (χ4n) is 1.35. The molecule has 7 nitrogen and oxygen atoms in total. The zero-order chi connectivity index (χ0) is 15.4. The molecule has 1 N–H and O–H groups in total. The lowest BCUT2D eigenvalue weighted by Gasteiger charge is -2.10. The quantitative estimate of drug-likeness (QED) is 0.742. The van der Waals surface area contributed by atoms with Crippen LogP contribution in [0.2, 0.25) is 0 Å². The molecule has 0 saturated heterocycles. The Morgan fingerprint density at radius 1 is 1.20 bits per heavy atom. The summed E-state index contributed by atoms with van der Waals surface area (Å²) in [6.07, 6.45) is 0. The third-order valence-electron chi connectivity index (χ3n) is 2.26. The van der Waals surface area contributed by atoms with Crippen LogP contribution in [0.15, 0.2) is 23.1 Å². The van der Waals surface area contributed by atoms with E-state index in [9.17, 15) is 16.8 Å². The molecule has 0 aliphatic carbocycles. The standard InChI is InChI=1S/C10H14ClNO6S2/c1-17-5-6-19(13,14)12-8-3-4-9(18-2)10(7-8)20(11,15)16/h3-4,7,12H,5-6H2,1-2H3. The van der Waals surface area contributed by atoms with Gasteiger partial charge in [0.2, 0.25) is 10.0 Å². The molecular weight excluding hydrogens is 330 g/mol. The molecule has 0 aliphatic rings. The second kappa shape index (κ2) is 6.61. The van der Waals surface area contributed by atoms with Gasteiger partial charge in [-0.1, -0.05) is 0 Å². The number of anilines is 1. The number of hydrogen-bond acceptors (Lipinski definition) is 6. The second-order valence-corrected chi connectivity index (χ2v) is 8.09. The molecule has 10 heteroatoms. The van der Waals surface area contributed by atoms with Gasteiger partial charge in [-0.25, -0.2) is 16.8 Å². The SMILES string of the molecule is COCCS(=O)(=O)Nc1ccc(OC)c(S(=O)(=O)Cl)c1. The summed E-state index contributed by atoms with van der Waals surface area (Å²) in [4.78, 5) is -0.311. The van der Waals surface area contributed by atoms with Crippen molar-refractivity contribution in [2.24, 2.45) is 0 Å². The fourth-order valence-corrected chi connectivity index (χ4v) is 3.35. The maximum atomic E-state index is 11.7. The van der Waals surface area contributed by atoms with Crippen LogP contribution in [0.25, 0.3) is 0 Å². The average Bonchev–Trinajstić information content (AvgIpc) is 2.35. The summed E-state index contributed by atoms with van der Waals surface area (Å²) in [5, 5.41) is 0. The normalized spacial score (nSPS) is 12.2. The van der Waals surface area contributed by atoms with Crippen LogP contribution in [0, 0.1) is 0 Å². The van der Waals surface area contributed by atoms with Crippen molar-refractivity contribution in [1.82, 2.24) is 0 Å². The maximum absolute atomic E-state index is 11.7. The van der Waals surface area contributed by atoms with Crippen LogP contribution in [-0.4, -0.2) is 43.4 Å². The molecule has 0 aliphatic heterocycles. The number of benzene rings is 1. The van der Waals surface area contributed by atoms with Gasteiger partial charge in [-0.2, -0.15) is 0 Å². The first kappa shape index (κ1) is 17.0. The Balaban J connectivity index is 3.11. The highest BCUT2D eigenvalue weighted by Gasteiger charge is 2.19.